The fourth-order valence-electron chi connectivity index (χ4n) is 1.98. The van der Waals surface area contributed by atoms with Crippen molar-refractivity contribution in [2.24, 2.45) is 0 Å². The number of aryl methyl sites for hydroxylation is 1. The molecule has 6 heteroatoms. The summed E-state index contributed by atoms with van der Waals surface area (Å²) in [5.41, 5.74) is 1.73. The first-order valence-electron chi connectivity index (χ1n) is 6.17. The Morgan fingerprint density at radius 1 is 1.50 bits per heavy atom. The minimum absolute atomic E-state index is 0.268. The van der Waals surface area contributed by atoms with Gasteiger partial charge in [-0.15, -0.1) is 0 Å². The number of hydrogen-bond donors (Lipinski definition) is 2. The summed E-state index contributed by atoms with van der Waals surface area (Å²) in [4.78, 5) is 12.1. The lowest BCUT2D eigenvalue weighted by Crippen LogP contribution is -2.27. The molecular formula is C14H16FN3O2. The van der Waals surface area contributed by atoms with Crippen LogP contribution in [-0.4, -0.2) is 23.2 Å². The summed E-state index contributed by atoms with van der Waals surface area (Å²) in [6.45, 7) is 3.53. The fraction of sp³-hybridized carbons (Fsp3) is 0.286. The molecule has 0 aliphatic heterocycles. The van der Waals surface area contributed by atoms with Crippen LogP contribution in [0.3, 0.4) is 0 Å². The number of halogens is 1. The van der Waals surface area contributed by atoms with Crippen LogP contribution < -0.4 is 10.1 Å². The second kappa shape index (κ2) is 5.73. The van der Waals surface area contributed by atoms with Gasteiger partial charge in [-0.05, 0) is 32.0 Å². The van der Waals surface area contributed by atoms with Crippen LogP contribution in [-0.2, 0) is 0 Å². The predicted molar refractivity (Wildman–Crippen MR) is 72.2 cm³/mol. The molecule has 1 unspecified atom stereocenters. The van der Waals surface area contributed by atoms with Gasteiger partial charge in [-0.2, -0.15) is 5.10 Å². The normalized spacial score (nSPS) is 12.0. The van der Waals surface area contributed by atoms with Crippen LogP contribution in [0.1, 0.15) is 34.6 Å². The van der Waals surface area contributed by atoms with E-state index < -0.39 is 0 Å². The first-order valence-corrected chi connectivity index (χ1v) is 6.17. The van der Waals surface area contributed by atoms with E-state index in [-0.39, 0.29) is 17.8 Å². The van der Waals surface area contributed by atoms with Gasteiger partial charge in [0.15, 0.2) is 0 Å². The van der Waals surface area contributed by atoms with Crippen LogP contribution in [0.5, 0.6) is 5.75 Å². The van der Waals surface area contributed by atoms with Gasteiger partial charge in [0.25, 0.3) is 5.91 Å². The Labute approximate surface area is 116 Å². The largest absolute Gasteiger partial charge is 0.496 e. The minimum atomic E-state index is -0.387. The van der Waals surface area contributed by atoms with Crippen molar-refractivity contribution < 1.29 is 13.9 Å². The Bertz CT molecular complexity index is 625. The highest BCUT2D eigenvalue weighted by Gasteiger charge is 2.17. The number of H-pyrrole nitrogens is 1. The second-order valence-electron chi connectivity index (χ2n) is 4.49. The van der Waals surface area contributed by atoms with Crippen molar-refractivity contribution >= 4 is 5.91 Å². The topological polar surface area (TPSA) is 67.0 Å². The molecule has 5 nitrogen and oxygen atoms in total. The SMILES string of the molecule is COc1ccc(F)cc1C(C)NC(=O)c1cn[nH]c1C. The summed E-state index contributed by atoms with van der Waals surface area (Å²) >= 11 is 0. The van der Waals surface area contributed by atoms with Crippen molar-refractivity contribution in [3.8, 4) is 5.75 Å². The molecule has 106 valence electrons. The maximum absolute atomic E-state index is 13.3. The van der Waals surface area contributed by atoms with Gasteiger partial charge < -0.3 is 10.1 Å². The summed E-state index contributed by atoms with van der Waals surface area (Å²) < 4.78 is 18.5. The Kier molecular flexibility index (Phi) is 4.02. The van der Waals surface area contributed by atoms with Crippen LogP contribution >= 0.6 is 0 Å². The predicted octanol–water partition coefficient (Wildman–Crippen LogP) is 2.36. The van der Waals surface area contributed by atoms with Crippen LogP contribution in [0.2, 0.25) is 0 Å². The standard InChI is InChI=1S/C14H16FN3O2/c1-8(11-6-10(15)4-5-13(11)20-3)17-14(19)12-7-16-18-9(12)2/h4-8H,1-3H3,(H,16,18)(H,17,19). The number of ether oxygens (including phenoxy) is 1. The van der Waals surface area contributed by atoms with E-state index in [1.165, 1.54) is 31.5 Å². The molecule has 1 heterocycles. The van der Waals surface area contributed by atoms with Crippen LogP contribution in [0.15, 0.2) is 24.4 Å². The number of aromatic nitrogens is 2. The molecule has 1 atom stereocenters. The lowest BCUT2D eigenvalue weighted by molar-refractivity contribution is 0.0939. The molecule has 0 saturated heterocycles. The molecule has 0 aliphatic carbocycles. The van der Waals surface area contributed by atoms with Crippen molar-refractivity contribution in [2.75, 3.05) is 7.11 Å². The van der Waals surface area contributed by atoms with E-state index in [9.17, 15) is 9.18 Å². The highest BCUT2D eigenvalue weighted by Crippen LogP contribution is 2.26. The molecule has 0 radical (unpaired) electrons. The smallest absolute Gasteiger partial charge is 0.255 e. The molecule has 1 aromatic carbocycles. The molecule has 0 fully saturated rings. The number of amides is 1. The van der Waals surface area contributed by atoms with Gasteiger partial charge in [-0.25, -0.2) is 4.39 Å². The number of carbonyl (C=O) groups excluding carboxylic acids is 1. The first-order chi connectivity index (χ1) is 9.52. The molecule has 0 saturated carbocycles. The van der Waals surface area contributed by atoms with Gasteiger partial charge in [0.2, 0.25) is 0 Å². The molecule has 0 spiro atoms. The zero-order valence-corrected chi connectivity index (χ0v) is 11.5. The molecular weight excluding hydrogens is 261 g/mol. The van der Waals surface area contributed by atoms with E-state index in [4.69, 9.17) is 4.74 Å². The highest BCUT2D eigenvalue weighted by molar-refractivity contribution is 5.95. The van der Waals surface area contributed by atoms with Crippen molar-refractivity contribution in [3.05, 3.63) is 47.0 Å². The summed E-state index contributed by atoms with van der Waals surface area (Å²) in [6.07, 6.45) is 1.46. The van der Waals surface area contributed by atoms with E-state index >= 15 is 0 Å². The third-order valence-corrected chi connectivity index (χ3v) is 3.08. The second-order valence-corrected chi connectivity index (χ2v) is 4.49. The van der Waals surface area contributed by atoms with E-state index in [1.807, 2.05) is 0 Å². The molecule has 2 N–H and O–H groups in total. The molecule has 0 bridgehead atoms. The Hall–Kier alpha value is -2.37. The van der Waals surface area contributed by atoms with Gasteiger partial charge in [0, 0.05) is 11.3 Å². The highest BCUT2D eigenvalue weighted by atomic mass is 19.1. The third-order valence-electron chi connectivity index (χ3n) is 3.08. The maximum Gasteiger partial charge on any atom is 0.255 e. The number of nitrogens with one attached hydrogen (secondary N) is 2. The van der Waals surface area contributed by atoms with E-state index in [1.54, 1.807) is 13.8 Å². The lowest BCUT2D eigenvalue weighted by Gasteiger charge is -2.17. The summed E-state index contributed by atoms with van der Waals surface area (Å²) in [7, 11) is 1.51. The number of methoxy groups -OCH3 is 1. The van der Waals surface area contributed by atoms with Crippen molar-refractivity contribution in [2.45, 2.75) is 19.9 Å². The average Bonchev–Trinajstić information content (AvgIpc) is 2.85. The zero-order valence-electron chi connectivity index (χ0n) is 11.5. The molecule has 20 heavy (non-hydrogen) atoms. The minimum Gasteiger partial charge on any atom is -0.496 e. The first kappa shape index (κ1) is 14.0. The quantitative estimate of drug-likeness (QED) is 0.901. The number of carbonyl (C=O) groups is 1. The number of rotatable bonds is 4. The number of aromatic amines is 1. The van der Waals surface area contributed by atoms with Crippen LogP contribution in [0.25, 0.3) is 0 Å². The van der Waals surface area contributed by atoms with Crippen molar-refractivity contribution in [3.63, 3.8) is 0 Å². The lowest BCUT2D eigenvalue weighted by atomic mass is 10.1. The monoisotopic (exact) mass is 277 g/mol. The maximum atomic E-state index is 13.3. The summed E-state index contributed by atoms with van der Waals surface area (Å²) in [6, 6.07) is 3.82. The Morgan fingerprint density at radius 3 is 2.85 bits per heavy atom. The van der Waals surface area contributed by atoms with Gasteiger partial charge in [-0.3, -0.25) is 9.89 Å². The Balaban J connectivity index is 2.20. The van der Waals surface area contributed by atoms with Crippen LogP contribution in [0.4, 0.5) is 4.39 Å². The summed E-state index contributed by atoms with van der Waals surface area (Å²) in [5, 5.41) is 9.29. The average molecular weight is 277 g/mol. The summed E-state index contributed by atoms with van der Waals surface area (Å²) in [5.74, 6) is -0.112. The fourth-order valence-corrected chi connectivity index (χ4v) is 1.98. The van der Waals surface area contributed by atoms with E-state index in [0.717, 1.165) is 0 Å². The van der Waals surface area contributed by atoms with Crippen molar-refractivity contribution in [1.82, 2.24) is 15.5 Å². The number of nitrogens with zero attached hydrogens (tertiary/aromatic N) is 1. The van der Waals surface area contributed by atoms with Crippen LogP contribution in [0, 0.1) is 12.7 Å². The van der Waals surface area contributed by atoms with Gasteiger partial charge in [0.1, 0.15) is 11.6 Å². The molecule has 2 rings (SSSR count). The molecule has 0 aliphatic rings. The van der Waals surface area contributed by atoms with Gasteiger partial charge >= 0.3 is 0 Å². The van der Waals surface area contributed by atoms with E-state index in [2.05, 4.69) is 15.5 Å². The van der Waals surface area contributed by atoms with Gasteiger partial charge in [0.05, 0.1) is 24.9 Å². The number of benzene rings is 1. The third kappa shape index (κ3) is 2.79. The molecule has 1 aromatic heterocycles. The van der Waals surface area contributed by atoms with Gasteiger partial charge in [-0.1, -0.05) is 0 Å². The molecule has 1 amide bonds. The Morgan fingerprint density at radius 2 is 2.25 bits per heavy atom. The zero-order chi connectivity index (χ0) is 14.7. The van der Waals surface area contributed by atoms with E-state index in [0.29, 0.717) is 22.6 Å². The number of hydrogen-bond acceptors (Lipinski definition) is 3. The molecule has 2 aromatic rings. The van der Waals surface area contributed by atoms with Crippen molar-refractivity contribution in [1.29, 1.82) is 0 Å².